The summed E-state index contributed by atoms with van der Waals surface area (Å²) in [5.74, 6) is 0.337. The largest absolute Gasteiger partial charge is 0.497 e. The maximum Gasteiger partial charge on any atom is 0.251 e. The highest BCUT2D eigenvalue weighted by molar-refractivity contribution is 5.98. The third kappa shape index (κ3) is 5.83. The van der Waals surface area contributed by atoms with Crippen LogP contribution in [-0.2, 0) is 11.2 Å². The van der Waals surface area contributed by atoms with Gasteiger partial charge in [-0.25, -0.2) is 0 Å². The Kier molecular flexibility index (Phi) is 7.11. The van der Waals surface area contributed by atoms with Crippen molar-refractivity contribution in [3.05, 3.63) is 59.2 Å². The van der Waals surface area contributed by atoms with Crippen LogP contribution < -0.4 is 15.4 Å². The number of carbonyl (C=O) groups excluding carboxylic acids is 2. The molecule has 0 spiro atoms. The van der Waals surface area contributed by atoms with Crippen LogP contribution in [-0.4, -0.2) is 36.2 Å². The fourth-order valence-corrected chi connectivity index (χ4v) is 3.75. The van der Waals surface area contributed by atoms with E-state index in [9.17, 15) is 14.7 Å². The van der Waals surface area contributed by atoms with Gasteiger partial charge in [0.2, 0.25) is 5.91 Å². The minimum absolute atomic E-state index is 0.155. The van der Waals surface area contributed by atoms with Crippen LogP contribution in [0.3, 0.4) is 0 Å². The van der Waals surface area contributed by atoms with Gasteiger partial charge in [-0.2, -0.15) is 0 Å². The number of hydrogen-bond acceptors (Lipinski definition) is 4. The molecule has 3 N–H and O–H groups in total. The minimum atomic E-state index is -0.811. The Morgan fingerprint density at radius 3 is 2.43 bits per heavy atom. The van der Waals surface area contributed by atoms with Gasteiger partial charge in [-0.1, -0.05) is 37.5 Å². The van der Waals surface area contributed by atoms with Crippen molar-refractivity contribution in [3.8, 4) is 5.75 Å². The van der Waals surface area contributed by atoms with E-state index in [0.717, 1.165) is 36.1 Å². The molecule has 2 aromatic rings. The second kappa shape index (κ2) is 9.76. The van der Waals surface area contributed by atoms with Crippen molar-refractivity contribution in [1.29, 1.82) is 0 Å². The number of methoxy groups -OCH3 is 1. The van der Waals surface area contributed by atoms with Crippen molar-refractivity contribution in [2.24, 2.45) is 0 Å². The van der Waals surface area contributed by atoms with Gasteiger partial charge in [0, 0.05) is 17.8 Å². The first-order valence-electron chi connectivity index (χ1n) is 10.4. The van der Waals surface area contributed by atoms with Crippen molar-refractivity contribution >= 4 is 17.5 Å². The number of aliphatic hydroxyl groups is 1. The number of nitrogens with one attached hydrogen (secondary N) is 2. The topological polar surface area (TPSA) is 87.7 Å². The van der Waals surface area contributed by atoms with Crippen molar-refractivity contribution in [3.63, 3.8) is 0 Å². The van der Waals surface area contributed by atoms with E-state index in [1.165, 1.54) is 0 Å². The smallest absolute Gasteiger partial charge is 0.251 e. The third-order valence-corrected chi connectivity index (χ3v) is 5.66. The van der Waals surface area contributed by atoms with Gasteiger partial charge >= 0.3 is 0 Å². The number of carbonyl (C=O) groups is 2. The van der Waals surface area contributed by atoms with Crippen molar-refractivity contribution in [2.45, 2.75) is 51.0 Å². The first kappa shape index (κ1) is 21.8. The van der Waals surface area contributed by atoms with Crippen LogP contribution in [0.1, 0.15) is 53.6 Å². The minimum Gasteiger partial charge on any atom is -0.497 e. The lowest BCUT2D eigenvalue weighted by Gasteiger charge is -2.32. The van der Waals surface area contributed by atoms with E-state index < -0.39 is 5.60 Å². The fourth-order valence-electron chi connectivity index (χ4n) is 3.75. The fraction of sp³-hybridized carbons (Fsp3) is 0.417. The van der Waals surface area contributed by atoms with E-state index in [2.05, 4.69) is 10.6 Å². The van der Waals surface area contributed by atoms with Crippen LogP contribution in [0.15, 0.2) is 42.5 Å². The number of benzene rings is 2. The highest BCUT2D eigenvalue weighted by Crippen LogP contribution is 2.27. The highest BCUT2D eigenvalue weighted by atomic mass is 16.5. The number of ether oxygens (including phenoxy) is 1. The second-order valence-electron chi connectivity index (χ2n) is 8.07. The molecule has 0 aliphatic heterocycles. The lowest BCUT2D eigenvalue weighted by Crippen LogP contribution is -2.44. The van der Waals surface area contributed by atoms with Gasteiger partial charge in [0.1, 0.15) is 5.75 Å². The molecule has 1 aliphatic carbocycles. The molecule has 6 nitrogen and oxygen atoms in total. The van der Waals surface area contributed by atoms with E-state index in [-0.39, 0.29) is 24.8 Å². The summed E-state index contributed by atoms with van der Waals surface area (Å²) in [6.45, 7) is 2.13. The van der Waals surface area contributed by atoms with E-state index >= 15 is 0 Å². The zero-order valence-corrected chi connectivity index (χ0v) is 17.7. The molecule has 0 bridgehead atoms. The van der Waals surface area contributed by atoms with Gasteiger partial charge in [0.05, 0.1) is 19.1 Å². The number of anilines is 1. The lowest BCUT2D eigenvalue weighted by atomic mass is 9.85. The molecule has 3 rings (SSSR count). The molecule has 0 atom stereocenters. The summed E-state index contributed by atoms with van der Waals surface area (Å²) >= 11 is 0. The molecule has 6 heteroatoms. The van der Waals surface area contributed by atoms with E-state index in [0.29, 0.717) is 24.1 Å². The molecule has 30 heavy (non-hydrogen) atoms. The second-order valence-corrected chi connectivity index (χ2v) is 8.07. The van der Waals surface area contributed by atoms with Gasteiger partial charge < -0.3 is 20.5 Å². The Bertz CT molecular complexity index is 887. The molecular weight excluding hydrogens is 380 g/mol. The van der Waals surface area contributed by atoms with Crippen LogP contribution in [0.4, 0.5) is 5.69 Å². The molecule has 1 aliphatic rings. The van der Waals surface area contributed by atoms with Gasteiger partial charge in [0.15, 0.2) is 0 Å². The molecule has 160 valence electrons. The molecule has 1 saturated carbocycles. The average molecular weight is 411 g/mol. The van der Waals surface area contributed by atoms with Crippen molar-refractivity contribution in [1.82, 2.24) is 5.32 Å². The predicted octanol–water partition coefficient (Wildman–Crippen LogP) is 3.61. The Morgan fingerprint density at radius 1 is 1.07 bits per heavy atom. The summed E-state index contributed by atoms with van der Waals surface area (Å²) < 4.78 is 5.13. The average Bonchev–Trinajstić information content (AvgIpc) is 2.74. The summed E-state index contributed by atoms with van der Waals surface area (Å²) in [6.07, 6.45) is 4.77. The maximum atomic E-state index is 12.6. The quantitative estimate of drug-likeness (QED) is 0.651. The maximum absolute atomic E-state index is 12.6. The van der Waals surface area contributed by atoms with Gasteiger partial charge in [-0.15, -0.1) is 0 Å². The standard InChI is InChI=1S/C24H30N2O4/c1-17-6-9-19(23(28)25-16-24(29)12-4-3-5-13-24)15-21(17)26-22(27)14-18-7-10-20(30-2)11-8-18/h6-11,15,29H,3-5,12-14,16H2,1-2H3,(H,25,28)(H,26,27). The van der Waals surface area contributed by atoms with Crippen molar-refractivity contribution < 1.29 is 19.4 Å². The molecular formula is C24H30N2O4. The van der Waals surface area contributed by atoms with E-state index in [1.807, 2.05) is 37.3 Å². The summed E-state index contributed by atoms with van der Waals surface area (Å²) in [6, 6.07) is 12.6. The molecule has 2 amide bonds. The lowest BCUT2D eigenvalue weighted by molar-refractivity contribution is -0.115. The van der Waals surface area contributed by atoms with Crippen LogP contribution in [0.25, 0.3) is 0 Å². The summed E-state index contributed by atoms with van der Waals surface area (Å²) in [5.41, 5.74) is 2.01. The predicted molar refractivity (Wildman–Crippen MR) is 117 cm³/mol. The monoisotopic (exact) mass is 410 g/mol. The molecule has 0 aromatic heterocycles. The van der Waals surface area contributed by atoms with E-state index in [4.69, 9.17) is 4.74 Å². The molecule has 0 unspecified atom stereocenters. The van der Waals surface area contributed by atoms with Gasteiger partial charge in [-0.05, 0) is 55.2 Å². The summed E-state index contributed by atoms with van der Waals surface area (Å²) in [7, 11) is 1.60. The Labute approximate surface area is 177 Å². The number of amides is 2. The summed E-state index contributed by atoms with van der Waals surface area (Å²) in [4.78, 5) is 25.1. The number of hydrogen-bond donors (Lipinski definition) is 3. The Morgan fingerprint density at radius 2 is 1.77 bits per heavy atom. The number of aryl methyl sites for hydroxylation is 1. The first-order chi connectivity index (χ1) is 14.4. The molecule has 0 heterocycles. The Hall–Kier alpha value is -2.86. The third-order valence-electron chi connectivity index (χ3n) is 5.66. The zero-order chi connectivity index (χ0) is 21.6. The molecule has 0 saturated heterocycles. The first-order valence-corrected chi connectivity index (χ1v) is 10.4. The van der Waals surface area contributed by atoms with Crippen molar-refractivity contribution in [2.75, 3.05) is 19.0 Å². The highest BCUT2D eigenvalue weighted by Gasteiger charge is 2.29. The van der Waals surface area contributed by atoms with E-state index in [1.54, 1.807) is 19.2 Å². The Balaban J connectivity index is 1.60. The van der Waals surface area contributed by atoms with Gasteiger partial charge in [0.25, 0.3) is 5.91 Å². The van der Waals surface area contributed by atoms with Crippen LogP contribution >= 0.6 is 0 Å². The summed E-state index contributed by atoms with van der Waals surface area (Å²) in [5, 5.41) is 16.3. The normalized spacial score (nSPS) is 15.3. The van der Waals surface area contributed by atoms with Crippen LogP contribution in [0, 0.1) is 6.92 Å². The molecule has 2 aromatic carbocycles. The molecule has 0 radical (unpaired) electrons. The van der Waals surface area contributed by atoms with Gasteiger partial charge in [-0.3, -0.25) is 9.59 Å². The molecule has 1 fully saturated rings. The zero-order valence-electron chi connectivity index (χ0n) is 17.7. The van der Waals surface area contributed by atoms with Crippen LogP contribution in [0.2, 0.25) is 0 Å². The SMILES string of the molecule is COc1ccc(CC(=O)Nc2cc(C(=O)NCC3(O)CCCCC3)ccc2C)cc1. The number of rotatable bonds is 7. The van der Waals surface area contributed by atoms with Crippen LogP contribution in [0.5, 0.6) is 5.75 Å².